The maximum Gasteiger partial charge on any atom is 0.225 e. The summed E-state index contributed by atoms with van der Waals surface area (Å²) in [4.78, 5) is 13.3. The Hall–Kier alpha value is -3.20. The van der Waals surface area contributed by atoms with Crippen LogP contribution >= 0.6 is 0 Å². The number of fused-ring (bicyclic) bond motifs is 1. The van der Waals surface area contributed by atoms with Gasteiger partial charge in [-0.05, 0) is 32.4 Å². The molecule has 0 fully saturated rings. The van der Waals surface area contributed by atoms with Gasteiger partial charge in [-0.1, -0.05) is 19.8 Å². The molecule has 0 aliphatic rings. The second-order valence-corrected chi connectivity index (χ2v) is 8.27. The molecular weight excluding hydrogens is 425 g/mol. The van der Waals surface area contributed by atoms with Gasteiger partial charge in [-0.25, -0.2) is 14.4 Å². The highest BCUT2D eigenvalue weighted by Crippen LogP contribution is 2.29. The fourth-order valence-electron chi connectivity index (χ4n) is 3.52. The fraction of sp³-hybridized carbons (Fsp3) is 0.458. The van der Waals surface area contributed by atoms with Crippen molar-refractivity contribution in [2.45, 2.75) is 58.2 Å². The average molecular weight is 458 g/mol. The molecule has 1 unspecified atom stereocenters. The summed E-state index contributed by atoms with van der Waals surface area (Å²) in [5.74, 6) is 1.60. The van der Waals surface area contributed by atoms with Crippen LogP contribution in [-0.2, 0) is 6.54 Å². The van der Waals surface area contributed by atoms with E-state index in [4.69, 9.17) is 9.47 Å². The van der Waals surface area contributed by atoms with Gasteiger partial charge in [0.15, 0.2) is 5.82 Å². The van der Waals surface area contributed by atoms with Crippen LogP contribution in [0, 0.1) is 5.82 Å². The highest BCUT2D eigenvalue weighted by atomic mass is 19.1. The lowest BCUT2D eigenvalue weighted by Crippen LogP contribution is -2.45. The molecule has 8 nitrogen and oxygen atoms in total. The summed E-state index contributed by atoms with van der Waals surface area (Å²) in [7, 11) is 3.19. The van der Waals surface area contributed by atoms with Gasteiger partial charge in [0, 0.05) is 24.2 Å². The molecule has 3 N–H and O–H groups in total. The summed E-state index contributed by atoms with van der Waals surface area (Å²) >= 11 is 0. The minimum absolute atomic E-state index is 0.304. The van der Waals surface area contributed by atoms with E-state index in [-0.39, 0.29) is 0 Å². The fourth-order valence-corrected chi connectivity index (χ4v) is 3.52. The van der Waals surface area contributed by atoms with Gasteiger partial charge < -0.3 is 25.2 Å². The molecule has 2 heterocycles. The van der Waals surface area contributed by atoms with Crippen molar-refractivity contribution in [3.8, 4) is 11.5 Å². The van der Waals surface area contributed by atoms with Crippen molar-refractivity contribution in [3.63, 3.8) is 0 Å². The number of aliphatic hydroxyl groups excluding tert-OH is 1. The summed E-state index contributed by atoms with van der Waals surface area (Å²) in [6.45, 7) is 6.17. The number of hydrogen-bond donors (Lipinski definition) is 3. The molecule has 2 aromatic heterocycles. The van der Waals surface area contributed by atoms with Crippen molar-refractivity contribution in [2.24, 2.45) is 0 Å². The zero-order valence-corrected chi connectivity index (χ0v) is 19.8. The quantitative estimate of drug-likeness (QED) is 0.386. The Morgan fingerprint density at radius 1 is 1.18 bits per heavy atom. The zero-order chi connectivity index (χ0) is 24.0. The Balaban J connectivity index is 1.95. The lowest BCUT2D eigenvalue weighted by Gasteiger charge is -2.34. The van der Waals surface area contributed by atoms with Crippen molar-refractivity contribution < 1.29 is 19.0 Å². The molecule has 0 spiro atoms. The number of halogens is 1. The number of rotatable bonds is 11. The van der Waals surface area contributed by atoms with Gasteiger partial charge in [-0.3, -0.25) is 0 Å². The number of nitrogens with zero attached hydrogens (tertiary/aromatic N) is 3. The molecule has 33 heavy (non-hydrogen) atoms. The monoisotopic (exact) mass is 457 g/mol. The highest BCUT2D eigenvalue weighted by Gasteiger charge is 2.31. The second kappa shape index (κ2) is 10.6. The van der Waals surface area contributed by atoms with Crippen LogP contribution in [-0.4, -0.2) is 45.9 Å². The number of unbranched alkanes of at least 4 members (excludes halogenated alkanes) is 1. The Labute approximate surface area is 193 Å². The topological polar surface area (TPSA) is 101 Å². The number of nitrogens with one attached hydrogen (secondary N) is 2. The molecule has 3 aromatic rings. The second-order valence-electron chi connectivity index (χ2n) is 8.27. The van der Waals surface area contributed by atoms with Crippen molar-refractivity contribution in [3.05, 3.63) is 41.8 Å². The third-order valence-electron chi connectivity index (χ3n) is 5.81. The number of benzene rings is 1. The van der Waals surface area contributed by atoms with E-state index in [2.05, 4.69) is 32.5 Å². The van der Waals surface area contributed by atoms with Crippen molar-refractivity contribution in [1.82, 2.24) is 15.0 Å². The molecule has 1 aromatic carbocycles. The maximum atomic E-state index is 13.9. The van der Waals surface area contributed by atoms with Gasteiger partial charge in [0.05, 0.1) is 37.6 Å². The number of ether oxygens (including phenoxy) is 2. The van der Waals surface area contributed by atoms with Crippen LogP contribution < -0.4 is 20.1 Å². The molecule has 2 atom stereocenters. The lowest BCUT2D eigenvalue weighted by molar-refractivity contribution is 0.116. The predicted octanol–water partition coefficient (Wildman–Crippen LogP) is 4.53. The molecule has 0 bridgehead atoms. The van der Waals surface area contributed by atoms with Crippen LogP contribution in [0.15, 0.2) is 30.5 Å². The van der Waals surface area contributed by atoms with Gasteiger partial charge in [0.1, 0.15) is 22.8 Å². The third kappa shape index (κ3) is 5.78. The van der Waals surface area contributed by atoms with E-state index in [0.29, 0.717) is 40.8 Å². The van der Waals surface area contributed by atoms with Crippen LogP contribution in [0.1, 0.15) is 45.6 Å². The predicted molar refractivity (Wildman–Crippen MR) is 127 cm³/mol. The Morgan fingerprint density at radius 2 is 1.97 bits per heavy atom. The van der Waals surface area contributed by atoms with Gasteiger partial charge in [0.2, 0.25) is 5.95 Å². The molecule has 0 saturated heterocycles. The zero-order valence-electron chi connectivity index (χ0n) is 19.8. The van der Waals surface area contributed by atoms with Crippen molar-refractivity contribution in [2.75, 3.05) is 24.9 Å². The molecule has 0 amide bonds. The molecule has 9 heteroatoms. The SMILES string of the molecule is CCCCC(C)(Nc1nc(NCc2ccc(OC)cc2OC)nc2cc(F)cnc12)[C@H](C)O. The van der Waals surface area contributed by atoms with Crippen LogP contribution in [0.5, 0.6) is 11.5 Å². The molecule has 0 saturated carbocycles. The van der Waals surface area contributed by atoms with Gasteiger partial charge >= 0.3 is 0 Å². The average Bonchev–Trinajstić information content (AvgIpc) is 2.80. The number of anilines is 2. The van der Waals surface area contributed by atoms with E-state index in [1.54, 1.807) is 27.2 Å². The molecule has 0 aliphatic heterocycles. The Morgan fingerprint density at radius 3 is 2.64 bits per heavy atom. The number of hydrogen-bond acceptors (Lipinski definition) is 8. The first-order valence-corrected chi connectivity index (χ1v) is 11.0. The first-order chi connectivity index (χ1) is 15.8. The van der Waals surface area contributed by atoms with Crippen LogP contribution in [0.2, 0.25) is 0 Å². The van der Waals surface area contributed by atoms with Crippen molar-refractivity contribution >= 4 is 22.8 Å². The van der Waals surface area contributed by atoms with E-state index >= 15 is 0 Å². The number of methoxy groups -OCH3 is 2. The summed E-state index contributed by atoms with van der Waals surface area (Å²) in [6, 6.07) is 6.85. The number of aromatic nitrogens is 3. The first kappa shape index (κ1) is 24.4. The Kier molecular flexibility index (Phi) is 7.86. The minimum atomic E-state index is -0.644. The van der Waals surface area contributed by atoms with Gasteiger partial charge in [-0.15, -0.1) is 0 Å². The van der Waals surface area contributed by atoms with Crippen molar-refractivity contribution in [1.29, 1.82) is 0 Å². The van der Waals surface area contributed by atoms with E-state index in [1.165, 1.54) is 6.07 Å². The van der Waals surface area contributed by atoms with E-state index in [0.717, 1.165) is 31.0 Å². The van der Waals surface area contributed by atoms with E-state index in [9.17, 15) is 9.50 Å². The number of pyridine rings is 1. The van der Waals surface area contributed by atoms with Crippen LogP contribution in [0.4, 0.5) is 16.2 Å². The molecule has 0 aliphatic carbocycles. The molecule has 0 radical (unpaired) electrons. The Bertz CT molecular complexity index is 1100. The van der Waals surface area contributed by atoms with E-state index in [1.807, 2.05) is 19.1 Å². The van der Waals surface area contributed by atoms with Crippen LogP contribution in [0.3, 0.4) is 0 Å². The summed E-state index contributed by atoms with van der Waals surface area (Å²) in [5, 5.41) is 17.0. The number of aliphatic hydroxyl groups is 1. The largest absolute Gasteiger partial charge is 0.497 e. The standard InChI is InChI=1S/C24H32FN5O3/c1-6-7-10-24(3,15(2)31)30-22-21-19(11-17(25)14-26-21)28-23(29-22)27-13-16-8-9-18(32-4)12-20(16)33-5/h8-9,11-12,14-15,31H,6-7,10,13H2,1-5H3,(H2,27,28,29,30)/t15-,24?/m0/s1. The smallest absolute Gasteiger partial charge is 0.225 e. The molecular formula is C24H32FN5O3. The molecule has 3 rings (SSSR count). The minimum Gasteiger partial charge on any atom is -0.497 e. The summed E-state index contributed by atoms with van der Waals surface area (Å²) in [6.07, 6.45) is 3.16. The summed E-state index contributed by atoms with van der Waals surface area (Å²) < 4.78 is 24.6. The molecule has 178 valence electrons. The highest BCUT2D eigenvalue weighted by molar-refractivity contribution is 5.86. The third-order valence-corrected chi connectivity index (χ3v) is 5.81. The van der Waals surface area contributed by atoms with Crippen LogP contribution in [0.25, 0.3) is 11.0 Å². The first-order valence-electron chi connectivity index (χ1n) is 11.0. The van der Waals surface area contributed by atoms with E-state index < -0.39 is 17.5 Å². The van der Waals surface area contributed by atoms with Gasteiger partial charge in [0.25, 0.3) is 0 Å². The van der Waals surface area contributed by atoms with Gasteiger partial charge in [-0.2, -0.15) is 4.98 Å². The maximum absolute atomic E-state index is 13.9. The lowest BCUT2D eigenvalue weighted by atomic mass is 9.89. The summed E-state index contributed by atoms with van der Waals surface area (Å²) in [5.41, 5.74) is 1.04. The normalized spacial score (nSPS) is 13.9.